The zero-order valence-electron chi connectivity index (χ0n) is 24.2. The molecule has 4 aromatic rings. The molecule has 0 saturated carbocycles. The SMILES string of the molecule is C=C[C@H]1C[N@+]2(Cc3cc(OC)ccc3Br)CC[C@H]1C[C@@H]2[C@@H](O)c1cc[n+](Cc2cc(OC)ccc2Br)c2ccccc12. The number of fused-ring (bicyclic) bond motifs is 4. The molecule has 1 aromatic heterocycles. The number of piperidine rings is 3. The van der Waals surface area contributed by atoms with E-state index in [0.29, 0.717) is 18.4 Å². The number of methoxy groups -OCH3 is 2. The van der Waals surface area contributed by atoms with E-state index >= 15 is 0 Å². The van der Waals surface area contributed by atoms with Crippen molar-refractivity contribution < 1.29 is 23.6 Å². The summed E-state index contributed by atoms with van der Waals surface area (Å²) in [5, 5.41) is 13.4. The van der Waals surface area contributed by atoms with E-state index in [1.807, 2.05) is 18.2 Å². The molecule has 3 fully saturated rings. The number of aromatic nitrogens is 1. The second-order valence-corrected chi connectivity index (χ2v) is 13.5. The number of hydrogen-bond donors (Lipinski definition) is 1. The fourth-order valence-corrected chi connectivity index (χ4v) is 8.16. The predicted molar refractivity (Wildman–Crippen MR) is 173 cm³/mol. The summed E-state index contributed by atoms with van der Waals surface area (Å²) in [6.07, 6.45) is 5.83. The lowest BCUT2D eigenvalue weighted by Crippen LogP contribution is -2.67. The van der Waals surface area contributed by atoms with Gasteiger partial charge in [0.15, 0.2) is 12.7 Å². The van der Waals surface area contributed by atoms with Gasteiger partial charge in [0.25, 0.3) is 0 Å². The second-order valence-electron chi connectivity index (χ2n) is 11.8. The first kappa shape index (κ1) is 29.4. The van der Waals surface area contributed by atoms with Crippen molar-refractivity contribution in [3.05, 3.63) is 111 Å². The van der Waals surface area contributed by atoms with Crippen molar-refractivity contribution in [3.8, 4) is 11.5 Å². The van der Waals surface area contributed by atoms with Gasteiger partial charge >= 0.3 is 0 Å². The number of quaternary nitrogens is 1. The third-order valence-corrected chi connectivity index (χ3v) is 11.2. The van der Waals surface area contributed by atoms with Gasteiger partial charge in [-0.3, -0.25) is 0 Å². The number of ether oxygens (including phenoxy) is 2. The first-order valence-corrected chi connectivity index (χ1v) is 16.2. The van der Waals surface area contributed by atoms with Crippen LogP contribution < -0.4 is 14.0 Å². The number of pyridine rings is 1. The fraction of sp³-hybridized carbons (Fsp3) is 0.343. The number of rotatable bonds is 9. The van der Waals surface area contributed by atoms with E-state index in [-0.39, 0.29) is 6.04 Å². The topological polar surface area (TPSA) is 42.6 Å². The minimum Gasteiger partial charge on any atom is -0.497 e. The molecule has 0 unspecified atom stereocenters. The Kier molecular flexibility index (Phi) is 8.47. The first-order valence-electron chi connectivity index (χ1n) is 14.6. The van der Waals surface area contributed by atoms with E-state index in [2.05, 4.69) is 104 Å². The average Bonchev–Trinajstić information content (AvgIpc) is 3.03. The maximum Gasteiger partial charge on any atom is 0.213 e. The van der Waals surface area contributed by atoms with Crippen molar-refractivity contribution in [2.45, 2.75) is 38.1 Å². The number of para-hydroxylation sites is 1. The molecule has 42 heavy (non-hydrogen) atoms. The molecule has 218 valence electrons. The van der Waals surface area contributed by atoms with Crippen LogP contribution in [0, 0.1) is 11.8 Å². The Morgan fingerprint density at radius 2 is 1.69 bits per heavy atom. The number of aliphatic hydroxyl groups is 1. The van der Waals surface area contributed by atoms with Gasteiger partial charge in [0.05, 0.1) is 32.7 Å². The summed E-state index contributed by atoms with van der Waals surface area (Å²) in [6.45, 7) is 7.77. The van der Waals surface area contributed by atoms with Crippen molar-refractivity contribution in [3.63, 3.8) is 0 Å². The Hall–Kier alpha value is -2.71. The Labute approximate surface area is 265 Å². The van der Waals surface area contributed by atoms with Gasteiger partial charge in [0.2, 0.25) is 5.52 Å². The van der Waals surface area contributed by atoms with Gasteiger partial charge in [0.1, 0.15) is 30.2 Å². The van der Waals surface area contributed by atoms with Crippen LogP contribution in [0.4, 0.5) is 0 Å². The van der Waals surface area contributed by atoms with Crippen LogP contribution >= 0.6 is 31.9 Å². The molecular weight excluding hydrogens is 656 g/mol. The van der Waals surface area contributed by atoms with Crippen LogP contribution in [0.1, 0.15) is 35.6 Å². The van der Waals surface area contributed by atoms with Crippen molar-refractivity contribution >= 4 is 42.8 Å². The third kappa shape index (κ3) is 5.41. The van der Waals surface area contributed by atoms with E-state index in [0.717, 1.165) is 79.4 Å². The lowest BCUT2D eigenvalue weighted by Gasteiger charge is -2.58. The van der Waals surface area contributed by atoms with Gasteiger partial charge in [-0.15, -0.1) is 6.58 Å². The van der Waals surface area contributed by atoms with Gasteiger partial charge < -0.3 is 19.1 Å². The van der Waals surface area contributed by atoms with Crippen molar-refractivity contribution in [1.82, 2.24) is 0 Å². The Morgan fingerprint density at radius 1 is 1.00 bits per heavy atom. The molecule has 3 saturated heterocycles. The standard InChI is InChI=1S/C35H38Br2N2O3/c1-4-23-21-39(22-26-18-28(42-3)10-12-32(26)37)16-14-24(23)19-34(39)35(40)30-13-15-38(33-8-6-5-7-29(30)33)20-25-17-27(41-2)9-11-31(25)36/h4-13,15,17-18,23-24,34-35,40H,1,14,16,19-22H2,2-3H3/q+2/t23-,24-,34+,35-,39-/m0/s1. The van der Waals surface area contributed by atoms with Crippen LogP contribution in [0.2, 0.25) is 0 Å². The summed E-state index contributed by atoms with van der Waals surface area (Å²) in [4.78, 5) is 0. The van der Waals surface area contributed by atoms with Crippen LogP contribution in [0.25, 0.3) is 10.9 Å². The number of halogens is 2. The highest BCUT2D eigenvalue weighted by Gasteiger charge is 2.54. The van der Waals surface area contributed by atoms with Crippen LogP contribution in [-0.4, -0.2) is 42.9 Å². The Bertz CT molecular complexity index is 1630. The Morgan fingerprint density at radius 3 is 2.40 bits per heavy atom. The predicted octanol–water partition coefficient (Wildman–Crippen LogP) is 7.36. The summed E-state index contributed by atoms with van der Waals surface area (Å²) in [7, 11) is 3.41. The molecule has 7 heteroatoms. The molecular formula is C35H38Br2N2O3+2. The number of benzene rings is 3. The number of aliphatic hydroxyl groups excluding tert-OH is 1. The highest BCUT2D eigenvalue weighted by Crippen LogP contribution is 2.48. The zero-order chi connectivity index (χ0) is 29.4. The highest BCUT2D eigenvalue weighted by molar-refractivity contribution is 9.10. The molecule has 1 N–H and O–H groups in total. The van der Waals surface area contributed by atoms with Crippen LogP contribution in [0.3, 0.4) is 0 Å². The first-order chi connectivity index (χ1) is 20.4. The lowest BCUT2D eigenvalue weighted by molar-refractivity contribution is -0.985. The molecule has 0 radical (unpaired) electrons. The molecule has 5 atom stereocenters. The Balaban J connectivity index is 1.39. The molecule has 0 amide bonds. The maximum atomic E-state index is 12.3. The minimum atomic E-state index is -0.592. The van der Waals surface area contributed by atoms with Crippen molar-refractivity contribution in [2.24, 2.45) is 11.8 Å². The molecule has 3 aliphatic heterocycles. The van der Waals surface area contributed by atoms with E-state index in [4.69, 9.17) is 9.47 Å². The molecule has 5 nitrogen and oxygen atoms in total. The number of hydrogen-bond acceptors (Lipinski definition) is 3. The molecule has 3 aromatic carbocycles. The van der Waals surface area contributed by atoms with Gasteiger partial charge in [0, 0.05) is 56.5 Å². The molecule has 4 heterocycles. The molecule has 7 rings (SSSR count). The summed E-state index contributed by atoms with van der Waals surface area (Å²) >= 11 is 7.52. The number of nitrogens with zero attached hydrogens (tertiary/aromatic N) is 2. The van der Waals surface area contributed by atoms with Crippen molar-refractivity contribution in [2.75, 3.05) is 27.3 Å². The smallest absolute Gasteiger partial charge is 0.213 e. The maximum absolute atomic E-state index is 12.3. The quantitative estimate of drug-likeness (QED) is 0.113. The molecule has 0 aliphatic carbocycles. The highest BCUT2D eigenvalue weighted by atomic mass is 79.9. The van der Waals surface area contributed by atoms with E-state index in [9.17, 15) is 5.11 Å². The van der Waals surface area contributed by atoms with Crippen LogP contribution in [0.15, 0.2) is 94.5 Å². The molecule has 0 spiro atoms. The normalized spacial score (nSPS) is 24.0. The van der Waals surface area contributed by atoms with E-state index in [1.165, 1.54) is 5.56 Å². The monoisotopic (exact) mass is 692 g/mol. The van der Waals surface area contributed by atoms with E-state index < -0.39 is 6.10 Å². The fourth-order valence-electron chi connectivity index (χ4n) is 7.41. The molecule has 2 bridgehead atoms. The van der Waals surface area contributed by atoms with Gasteiger partial charge in [-0.2, -0.15) is 4.57 Å². The van der Waals surface area contributed by atoms with Gasteiger partial charge in [-0.25, -0.2) is 0 Å². The second kappa shape index (κ2) is 12.1. The minimum absolute atomic E-state index is 0.0878. The summed E-state index contributed by atoms with van der Waals surface area (Å²) in [5.74, 6) is 2.71. The lowest BCUT2D eigenvalue weighted by atomic mass is 9.71. The van der Waals surface area contributed by atoms with Gasteiger partial charge in [-0.1, -0.05) is 50.1 Å². The molecule has 3 aliphatic rings. The van der Waals surface area contributed by atoms with E-state index in [1.54, 1.807) is 14.2 Å². The van der Waals surface area contributed by atoms with Crippen LogP contribution in [0.5, 0.6) is 11.5 Å². The summed E-state index contributed by atoms with van der Waals surface area (Å²) in [5.41, 5.74) is 4.46. The third-order valence-electron chi connectivity index (χ3n) is 9.65. The summed E-state index contributed by atoms with van der Waals surface area (Å²) < 4.78 is 16.3. The zero-order valence-corrected chi connectivity index (χ0v) is 27.4. The van der Waals surface area contributed by atoms with Crippen molar-refractivity contribution in [1.29, 1.82) is 0 Å². The van der Waals surface area contributed by atoms with Gasteiger partial charge in [-0.05, 0) is 48.4 Å². The summed E-state index contributed by atoms with van der Waals surface area (Å²) in [6, 6.07) is 22.9. The average molecular weight is 695 g/mol. The largest absolute Gasteiger partial charge is 0.497 e. The van der Waals surface area contributed by atoms with Crippen LogP contribution in [-0.2, 0) is 13.1 Å².